The number of hydrogen-bond acceptors (Lipinski definition) is 3. The van der Waals surface area contributed by atoms with Gasteiger partial charge in [-0.2, -0.15) is 0 Å². The first-order valence-electron chi connectivity index (χ1n) is 6.92. The summed E-state index contributed by atoms with van der Waals surface area (Å²) in [6, 6.07) is 0. The summed E-state index contributed by atoms with van der Waals surface area (Å²) in [5, 5.41) is 6.17. The van der Waals surface area contributed by atoms with Gasteiger partial charge in [0.15, 0.2) is 0 Å². The molecule has 1 aliphatic rings. The Morgan fingerprint density at radius 3 is 2.71 bits per heavy atom. The molecule has 0 bridgehead atoms. The summed E-state index contributed by atoms with van der Waals surface area (Å²) in [5.74, 6) is 0.718. The molecule has 4 heteroatoms. The summed E-state index contributed by atoms with van der Waals surface area (Å²) in [7, 11) is 0. The highest BCUT2D eigenvalue weighted by Crippen LogP contribution is 2.09. The first-order chi connectivity index (χ1) is 8.22. The van der Waals surface area contributed by atoms with Crippen molar-refractivity contribution in [2.24, 2.45) is 5.92 Å². The molecule has 17 heavy (non-hydrogen) atoms. The van der Waals surface area contributed by atoms with Crippen molar-refractivity contribution in [3.63, 3.8) is 0 Å². The van der Waals surface area contributed by atoms with Crippen molar-refractivity contribution < 1.29 is 4.79 Å². The van der Waals surface area contributed by atoms with Gasteiger partial charge in [0, 0.05) is 26.1 Å². The van der Waals surface area contributed by atoms with Crippen molar-refractivity contribution in [2.75, 3.05) is 39.3 Å². The Balaban J connectivity index is 2.01. The molecule has 1 heterocycles. The quantitative estimate of drug-likeness (QED) is 0.619. The molecule has 0 spiro atoms. The number of nitrogens with zero attached hydrogens (tertiary/aromatic N) is 1. The zero-order chi connectivity index (χ0) is 12.5. The maximum Gasteiger partial charge on any atom is 0.221 e. The maximum absolute atomic E-state index is 11.5. The van der Waals surface area contributed by atoms with Crippen LogP contribution in [0.15, 0.2) is 0 Å². The molecule has 1 aliphatic heterocycles. The lowest BCUT2D eigenvalue weighted by atomic mass is 10.1. The third-order valence-electron chi connectivity index (χ3n) is 3.20. The van der Waals surface area contributed by atoms with Gasteiger partial charge in [-0.05, 0) is 38.4 Å². The smallest absolute Gasteiger partial charge is 0.221 e. The summed E-state index contributed by atoms with van der Waals surface area (Å²) in [6.07, 6.45) is 3.26. The monoisotopic (exact) mass is 241 g/mol. The zero-order valence-electron chi connectivity index (χ0n) is 11.3. The van der Waals surface area contributed by atoms with E-state index >= 15 is 0 Å². The molecule has 1 fully saturated rings. The van der Waals surface area contributed by atoms with Crippen LogP contribution in [0, 0.1) is 5.92 Å². The fourth-order valence-electron chi connectivity index (χ4n) is 2.23. The number of rotatable bonds is 8. The van der Waals surface area contributed by atoms with Crippen LogP contribution in [0.3, 0.4) is 0 Å². The van der Waals surface area contributed by atoms with Gasteiger partial charge < -0.3 is 15.5 Å². The van der Waals surface area contributed by atoms with Gasteiger partial charge in [-0.3, -0.25) is 4.79 Å². The normalized spacial score (nSPS) is 18.2. The second kappa shape index (κ2) is 8.48. The third kappa shape index (κ3) is 6.64. The van der Waals surface area contributed by atoms with Crippen molar-refractivity contribution in [1.29, 1.82) is 0 Å². The number of carbonyl (C=O) groups is 1. The van der Waals surface area contributed by atoms with Crippen LogP contribution >= 0.6 is 0 Å². The Labute approximate surface area is 105 Å². The molecule has 0 aliphatic carbocycles. The van der Waals surface area contributed by atoms with Gasteiger partial charge in [-0.1, -0.05) is 13.8 Å². The van der Waals surface area contributed by atoms with Gasteiger partial charge in [-0.25, -0.2) is 0 Å². The fraction of sp³-hybridized carbons (Fsp3) is 0.923. The van der Waals surface area contributed by atoms with Crippen LogP contribution in [0.5, 0.6) is 0 Å². The highest BCUT2D eigenvalue weighted by atomic mass is 16.1. The van der Waals surface area contributed by atoms with Gasteiger partial charge in [0.05, 0.1) is 0 Å². The van der Waals surface area contributed by atoms with Crippen molar-refractivity contribution in [2.45, 2.75) is 33.1 Å². The molecule has 1 amide bonds. The predicted octanol–water partition coefficient (Wildman–Crippen LogP) is 0.834. The highest BCUT2D eigenvalue weighted by Gasteiger charge is 2.14. The summed E-state index contributed by atoms with van der Waals surface area (Å²) in [5.41, 5.74) is 0. The summed E-state index contributed by atoms with van der Waals surface area (Å²) in [4.78, 5) is 14.0. The first kappa shape index (κ1) is 14.5. The van der Waals surface area contributed by atoms with Gasteiger partial charge in [-0.15, -0.1) is 0 Å². The van der Waals surface area contributed by atoms with Crippen LogP contribution in [0.25, 0.3) is 0 Å². The lowest BCUT2D eigenvalue weighted by Crippen LogP contribution is -2.35. The molecule has 0 aromatic rings. The van der Waals surface area contributed by atoms with Crippen LogP contribution in [-0.4, -0.2) is 50.1 Å². The van der Waals surface area contributed by atoms with Crippen molar-refractivity contribution >= 4 is 5.91 Å². The van der Waals surface area contributed by atoms with Gasteiger partial charge in [0.1, 0.15) is 0 Å². The van der Waals surface area contributed by atoms with Gasteiger partial charge in [0.2, 0.25) is 5.91 Å². The zero-order valence-corrected chi connectivity index (χ0v) is 11.3. The molecule has 2 N–H and O–H groups in total. The van der Waals surface area contributed by atoms with E-state index in [9.17, 15) is 4.79 Å². The van der Waals surface area contributed by atoms with Crippen molar-refractivity contribution in [1.82, 2.24) is 15.5 Å². The highest BCUT2D eigenvalue weighted by molar-refractivity contribution is 5.76. The molecule has 0 aromatic carbocycles. The van der Waals surface area contributed by atoms with E-state index in [0.717, 1.165) is 26.2 Å². The maximum atomic E-state index is 11.5. The lowest BCUT2D eigenvalue weighted by Gasteiger charge is -2.20. The number of carbonyl (C=O) groups excluding carboxylic acids is 1. The molecule has 0 radical (unpaired) electrons. The minimum atomic E-state index is 0.166. The number of likely N-dealkylation sites (tertiary alicyclic amines) is 1. The molecule has 1 unspecified atom stereocenters. The van der Waals surface area contributed by atoms with E-state index < -0.39 is 0 Å². The number of hydrogen-bond donors (Lipinski definition) is 2. The van der Waals surface area contributed by atoms with Crippen LogP contribution < -0.4 is 10.6 Å². The molecule has 100 valence electrons. The van der Waals surface area contributed by atoms with Crippen LogP contribution in [0.1, 0.15) is 33.1 Å². The average Bonchev–Trinajstić information content (AvgIpc) is 2.79. The first-order valence-corrected chi connectivity index (χ1v) is 6.92. The van der Waals surface area contributed by atoms with E-state index in [1.807, 2.05) is 0 Å². The number of amides is 1. The minimum Gasteiger partial charge on any atom is -0.356 e. The van der Waals surface area contributed by atoms with Crippen LogP contribution in [0.4, 0.5) is 0 Å². The molecule has 1 rings (SSSR count). The Morgan fingerprint density at radius 2 is 2.06 bits per heavy atom. The van der Waals surface area contributed by atoms with Crippen LogP contribution in [-0.2, 0) is 4.79 Å². The van der Waals surface area contributed by atoms with E-state index in [2.05, 4.69) is 29.4 Å². The summed E-state index contributed by atoms with van der Waals surface area (Å²) < 4.78 is 0. The molecule has 1 atom stereocenters. The summed E-state index contributed by atoms with van der Waals surface area (Å²) >= 11 is 0. The van der Waals surface area contributed by atoms with Crippen molar-refractivity contribution in [3.8, 4) is 0 Å². The summed E-state index contributed by atoms with van der Waals surface area (Å²) in [6.45, 7) is 10.4. The van der Waals surface area contributed by atoms with Crippen LogP contribution in [0.2, 0.25) is 0 Å². The molecule has 0 saturated carbocycles. The van der Waals surface area contributed by atoms with Gasteiger partial charge >= 0.3 is 0 Å². The van der Waals surface area contributed by atoms with Crippen molar-refractivity contribution in [3.05, 3.63) is 0 Å². The second-order valence-electron chi connectivity index (χ2n) is 5.02. The fourth-order valence-corrected chi connectivity index (χ4v) is 2.23. The number of nitrogens with one attached hydrogen (secondary N) is 2. The average molecular weight is 241 g/mol. The molecule has 0 aromatic heterocycles. The standard InChI is InChI=1S/C13H27N3O/c1-3-14-7-6-13(17)15-10-12(2)11-16-8-4-5-9-16/h12,14H,3-11H2,1-2H3,(H,15,17). The Morgan fingerprint density at radius 1 is 1.35 bits per heavy atom. The molecule has 4 nitrogen and oxygen atoms in total. The Hall–Kier alpha value is -0.610. The molecular formula is C13H27N3O. The lowest BCUT2D eigenvalue weighted by molar-refractivity contribution is -0.121. The Bertz CT molecular complexity index is 215. The SMILES string of the molecule is CCNCCC(=O)NCC(C)CN1CCCC1. The largest absolute Gasteiger partial charge is 0.356 e. The topological polar surface area (TPSA) is 44.4 Å². The van der Waals surface area contributed by atoms with Gasteiger partial charge in [0.25, 0.3) is 0 Å². The second-order valence-corrected chi connectivity index (χ2v) is 5.02. The van der Waals surface area contributed by atoms with E-state index in [4.69, 9.17) is 0 Å². The van der Waals surface area contributed by atoms with E-state index in [-0.39, 0.29) is 5.91 Å². The van der Waals surface area contributed by atoms with E-state index in [1.54, 1.807) is 0 Å². The van der Waals surface area contributed by atoms with E-state index in [0.29, 0.717) is 12.3 Å². The third-order valence-corrected chi connectivity index (χ3v) is 3.20. The predicted molar refractivity (Wildman–Crippen MR) is 71.0 cm³/mol. The Kier molecular flexibility index (Phi) is 7.21. The van der Waals surface area contributed by atoms with E-state index in [1.165, 1.54) is 25.9 Å². The molecule has 1 saturated heterocycles. The molecular weight excluding hydrogens is 214 g/mol. The minimum absolute atomic E-state index is 0.166.